The number of carbonyl (C=O) groups excluding carboxylic acids is 1. The number of fused-ring (bicyclic) bond motifs is 1. The maximum absolute atomic E-state index is 13.0. The quantitative estimate of drug-likeness (QED) is 0.716. The van der Waals surface area contributed by atoms with Crippen LogP contribution in [0.4, 0.5) is 0 Å². The van der Waals surface area contributed by atoms with Crippen LogP contribution in [0.1, 0.15) is 53.0 Å². The van der Waals surface area contributed by atoms with Crippen LogP contribution in [0.5, 0.6) is 0 Å². The van der Waals surface area contributed by atoms with E-state index in [0.717, 1.165) is 40.9 Å². The number of hydrogen-bond donors (Lipinski definition) is 1. The Hall–Kier alpha value is -2.68. The van der Waals surface area contributed by atoms with Gasteiger partial charge in [0.1, 0.15) is 0 Å². The van der Waals surface area contributed by atoms with E-state index in [9.17, 15) is 4.79 Å². The van der Waals surface area contributed by atoms with Crippen molar-refractivity contribution >= 4 is 5.78 Å². The molecule has 2 aromatic heterocycles. The van der Waals surface area contributed by atoms with E-state index in [-0.39, 0.29) is 11.2 Å². The molecule has 4 rings (SSSR count). The summed E-state index contributed by atoms with van der Waals surface area (Å²) in [4.78, 5) is 20.7. The van der Waals surface area contributed by atoms with E-state index in [0.29, 0.717) is 6.42 Å². The van der Waals surface area contributed by atoms with Crippen LogP contribution in [0.3, 0.4) is 0 Å². The molecule has 0 saturated carbocycles. The number of aromatic amines is 1. The van der Waals surface area contributed by atoms with Crippen molar-refractivity contribution in [3.63, 3.8) is 0 Å². The second-order valence-corrected chi connectivity index (χ2v) is 8.17. The van der Waals surface area contributed by atoms with Gasteiger partial charge in [0.15, 0.2) is 5.78 Å². The van der Waals surface area contributed by atoms with Crippen LogP contribution < -0.4 is 0 Å². The van der Waals surface area contributed by atoms with Crippen molar-refractivity contribution in [3.8, 4) is 11.3 Å². The molecular formula is C23H24N2O. The first-order valence-electron chi connectivity index (χ1n) is 9.16. The molecule has 3 heteroatoms. The topological polar surface area (TPSA) is 45.8 Å². The molecule has 1 N–H and O–H groups in total. The summed E-state index contributed by atoms with van der Waals surface area (Å²) < 4.78 is 0. The monoisotopic (exact) mass is 344 g/mol. The third kappa shape index (κ3) is 3.10. The van der Waals surface area contributed by atoms with Gasteiger partial charge in [0.05, 0.1) is 5.69 Å². The Morgan fingerprint density at radius 3 is 2.42 bits per heavy atom. The van der Waals surface area contributed by atoms with Crippen molar-refractivity contribution in [2.24, 2.45) is 5.41 Å². The normalized spacial score (nSPS) is 15.7. The summed E-state index contributed by atoms with van der Waals surface area (Å²) in [7, 11) is 0. The molecule has 3 nitrogen and oxygen atoms in total. The van der Waals surface area contributed by atoms with Gasteiger partial charge in [-0.1, -0.05) is 43.7 Å². The number of pyridine rings is 1. The number of nitrogens with zero attached hydrogens (tertiary/aromatic N) is 1. The summed E-state index contributed by atoms with van der Waals surface area (Å²) in [6, 6.07) is 12.6. The Labute approximate surface area is 154 Å². The van der Waals surface area contributed by atoms with Crippen molar-refractivity contribution in [2.45, 2.75) is 40.0 Å². The summed E-state index contributed by atoms with van der Waals surface area (Å²) in [6.07, 6.45) is 5.87. The Morgan fingerprint density at radius 1 is 1.04 bits per heavy atom. The minimum Gasteiger partial charge on any atom is -0.358 e. The molecule has 0 saturated heterocycles. The number of rotatable bonds is 3. The number of aryl methyl sites for hydroxylation is 1. The first-order chi connectivity index (χ1) is 12.4. The van der Waals surface area contributed by atoms with E-state index in [1.807, 2.05) is 12.1 Å². The third-order valence-electron chi connectivity index (χ3n) is 5.22. The summed E-state index contributed by atoms with van der Waals surface area (Å²) in [5, 5.41) is 0. The molecule has 0 fully saturated rings. The molecule has 132 valence electrons. The Bertz CT molecular complexity index is 950. The van der Waals surface area contributed by atoms with E-state index >= 15 is 0 Å². The van der Waals surface area contributed by atoms with Crippen molar-refractivity contribution in [1.82, 2.24) is 9.97 Å². The lowest BCUT2D eigenvalue weighted by atomic mass is 9.75. The van der Waals surface area contributed by atoms with Crippen molar-refractivity contribution in [3.05, 3.63) is 76.7 Å². The number of nitrogens with one attached hydrogen (secondary N) is 1. The lowest BCUT2D eigenvalue weighted by molar-refractivity contribution is 0.0911. The number of ketones is 1. The van der Waals surface area contributed by atoms with Gasteiger partial charge in [-0.2, -0.15) is 0 Å². The number of benzene rings is 1. The number of aromatic nitrogens is 2. The molecule has 0 radical (unpaired) electrons. The van der Waals surface area contributed by atoms with Gasteiger partial charge >= 0.3 is 0 Å². The van der Waals surface area contributed by atoms with Crippen LogP contribution in [0.25, 0.3) is 11.3 Å². The SMILES string of the molecule is Cc1ccc(Cc2c(-c3ccncc3)[nH]c3c2C(=O)CC(C)(C)C3)cc1. The highest BCUT2D eigenvalue weighted by Gasteiger charge is 2.35. The molecule has 0 atom stereocenters. The van der Waals surface area contributed by atoms with Gasteiger partial charge in [-0.25, -0.2) is 0 Å². The predicted molar refractivity (Wildman–Crippen MR) is 104 cm³/mol. The molecule has 1 aliphatic carbocycles. The van der Waals surface area contributed by atoms with Crippen LogP contribution in [-0.4, -0.2) is 15.8 Å². The Morgan fingerprint density at radius 2 is 1.73 bits per heavy atom. The Balaban J connectivity index is 1.86. The molecule has 26 heavy (non-hydrogen) atoms. The average Bonchev–Trinajstić information content (AvgIpc) is 2.95. The van der Waals surface area contributed by atoms with Crippen molar-refractivity contribution < 1.29 is 4.79 Å². The van der Waals surface area contributed by atoms with Gasteiger partial charge in [0.25, 0.3) is 0 Å². The highest BCUT2D eigenvalue weighted by molar-refractivity contribution is 6.02. The molecule has 0 spiro atoms. The average molecular weight is 344 g/mol. The van der Waals surface area contributed by atoms with E-state index in [4.69, 9.17) is 0 Å². The van der Waals surface area contributed by atoms with Gasteiger partial charge in [0, 0.05) is 42.1 Å². The molecule has 2 heterocycles. The van der Waals surface area contributed by atoms with Crippen LogP contribution in [0.15, 0.2) is 48.8 Å². The predicted octanol–water partition coefficient (Wildman–Crippen LogP) is 5.13. The lowest BCUT2D eigenvalue weighted by Gasteiger charge is -2.28. The molecule has 1 aromatic carbocycles. The van der Waals surface area contributed by atoms with Gasteiger partial charge in [0.2, 0.25) is 0 Å². The first kappa shape index (κ1) is 16.8. The fraction of sp³-hybridized carbons (Fsp3) is 0.304. The van der Waals surface area contributed by atoms with Gasteiger partial charge in [-0.3, -0.25) is 9.78 Å². The zero-order valence-corrected chi connectivity index (χ0v) is 15.6. The highest BCUT2D eigenvalue weighted by Crippen LogP contribution is 2.40. The molecule has 0 bridgehead atoms. The van der Waals surface area contributed by atoms with E-state index in [1.54, 1.807) is 12.4 Å². The zero-order valence-electron chi connectivity index (χ0n) is 15.6. The second-order valence-electron chi connectivity index (χ2n) is 8.17. The van der Waals surface area contributed by atoms with Crippen molar-refractivity contribution in [2.75, 3.05) is 0 Å². The number of Topliss-reactive ketones (excluding diaryl/α,β-unsaturated/α-hetero) is 1. The van der Waals surface area contributed by atoms with Gasteiger partial charge in [-0.05, 0) is 42.0 Å². The molecule has 1 aliphatic rings. The molecule has 0 unspecified atom stereocenters. The molecule has 0 amide bonds. The zero-order chi connectivity index (χ0) is 18.3. The summed E-state index contributed by atoms with van der Waals surface area (Å²) in [6.45, 7) is 6.43. The maximum atomic E-state index is 13.0. The smallest absolute Gasteiger partial charge is 0.165 e. The van der Waals surface area contributed by atoms with Crippen LogP contribution >= 0.6 is 0 Å². The first-order valence-corrected chi connectivity index (χ1v) is 9.16. The Kier molecular flexibility index (Phi) is 4.03. The standard InChI is InChI=1S/C23H24N2O/c1-15-4-6-16(7-5-15)12-18-21-19(13-23(2,3)14-20(21)26)25-22(18)17-8-10-24-11-9-17/h4-11,25H,12-14H2,1-3H3. The molecule has 0 aliphatic heterocycles. The van der Waals surface area contributed by atoms with Gasteiger partial charge in [-0.15, -0.1) is 0 Å². The fourth-order valence-corrected chi connectivity index (χ4v) is 3.98. The largest absolute Gasteiger partial charge is 0.358 e. The number of hydrogen-bond acceptors (Lipinski definition) is 2. The molecule has 3 aromatic rings. The number of carbonyl (C=O) groups is 1. The van der Waals surface area contributed by atoms with E-state index in [1.165, 1.54) is 11.1 Å². The van der Waals surface area contributed by atoms with Crippen LogP contribution in [0.2, 0.25) is 0 Å². The third-order valence-corrected chi connectivity index (χ3v) is 5.22. The number of H-pyrrole nitrogens is 1. The van der Waals surface area contributed by atoms with E-state index in [2.05, 4.69) is 55.0 Å². The van der Waals surface area contributed by atoms with E-state index < -0.39 is 0 Å². The summed E-state index contributed by atoms with van der Waals surface area (Å²) >= 11 is 0. The highest BCUT2D eigenvalue weighted by atomic mass is 16.1. The van der Waals surface area contributed by atoms with Crippen molar-refractivity contribution in [1.29, 1.82) is 0 Å². The molecular weight excluding hydrogens is 320 g/mol. The summed E-state index contributed by atoms with van der Waals surface area (Å²) in [5.74, 6) is 0.259. The van der Waals surface area contributed by atoms with Crippen LogP contribution in [-0.2, 0) is 12.8 Å². The maximum Gasteiger partial charge on any atom is 0.165 e. The minimum absolute atomic E-state index is 0.00553. The van der Waals surface area contributed by atoms with Gasteiger partial charge < -0.3 is 4.98 Å². The van der Waals surface area contributed by atoms with Crippen LogP contribution in [0, 0.1) is 12.3 Å². The fourth-order valence-electron chi connectivity index (χ4n) is 3.98. The second kappa shape index (κ2) is 6.24. The minimum atomic E-state index is 0.00553. The summed E-state index contributed by atoms with van der Waals surface area (Å²) in [5.41, 5.74) is 7.74. The lowest BCUT2D eigenvalue weighted by Crippen LogP contribution is -2.27.